The molecule has 21 heavy (non-hydrogen) atoms. The highest BCUT2D eigenvalue weighted by Crippen LogP contribution is 2.19. The van der Waals surface area contributed by atoms with Crippen LogP contribution in [-0.2, 0) is 9.53 Å². The lowest BCUT2D eigenvalue weighted by atomic mass is 10.1. The lowest BCUT2D eigenvalue weighted by Gasteiger charge is -2.15. The van der Waals surface area contributed by atoms with Crippen LogP contribution < -0.4 is 5.32 Å². The number of thioether (sulfide) groups is 1. The zero-order chi connectivity index (χ0) is 15.8. The van der Waals surface area contributed by atoms with Gasteiger partial charge in [-0.2, -0.15) is 0 Å². The molecule has 114 valence electrons. The molecule has 1 amide bonds. The number of amides is 1. The second-order valence-corrected chi connectivity index (χ2v) is 5.25. The van der Waals surface area contributed by atoms with Crippen molar-refractivity contribution in [3.05, 3.63) is 42.0 Å². The molecule has 0 aromatic heterocycles. The van der Waals surface area contributed by atoms with Gasteiger partial charge in [0.05, 0.1) is 13.2 Å². The molecule has 1 unspecified atom stereocenters. The van der Waals surface area contributed by atoms with Gasteiger partial charge in [-0.15, -0.1) is 18.3 Å². The van der Waals surface area contributed by atoms with Gasteiger partial charge >= 0.3 is 5.97 Å². The van der Waals surface area contributed by atoms with Crippen LogP contribution in [0.5, 0.6) is 0 Å². The summed E-state index contributed by atoms with van der Waals surface area (Å²) in [6.45, 7) is 5.42. The molecule has 0 heterocycles. The molecule has 0 aliphatic carbocycles. The molecule has 0 fully saturated rings. The molecule has 1 rings (SSSR count). The molecule has 0 spiro atoms. The van der Waals surface area contributed by atoms with Crippen LogP contribution in [0.3, 0.4) is 0 Å². The first-order valence-corrected chi connectivity index (χ1v) is 7.59. The van der Waals surface area contributed by atoms with Gasteiger partial charge in [-0.25, -0.2) is 4.79 Å². The maximum atomic E-state index is 12.2. The van der Waals surface area contributed by atoms with Crippen LogP contribution >= 0.6 is 11.8 Å². The predicted octanol–water partition coefficient (Wildman–Crippen LogP) is 2.10. The Morgan fingerprint density at radius 3 is 2.81 bits per heavy atom. The van der Waals surface area contributed by atoms with Crippen LogP contribution in [0.15, 0.2) is 35.7 Å². The molecule has 0 radical (unpaired) electrons. The summed E-state index contributed by atoms with van der Waals surface area (Å²) in [7, 11) is 0. The van der Waals surface area contributed by atoms with Crippen molar-refractivity contribution in [2.75, 3.05) is 19.5 Å². The van der Waals surface area contributed by atoms with Gasteiger partial charge in [0.2, 0.25) is 0 Å². The molecule has 6 heteroatoms. The van der Waals surface area contributed by atoms with E-state index < -0.39 is 17.9 Å². The first-order valence-electron chi connectivity index (χ1n) is 6.36. The van der Waals surface area contributed by atoms with E-state index in [1.807, 2.05) is 25.3 Å². The average Bonchev–Trinajstić information content (AvgIpc) is 2.46. The Balaban J connectivity index is 2.81. The molecule has 1 aromatic carbocycles. The molecule has 1 aromatic rings. The Hall–Kier alpha value is -1.79. The van der Waals surface area contributed by atoms with E-state index in [1.54, 1.807) is 6.07 Å². The molecule has 0 aliphatic heterocycles. The van der Waals surface area contributed by atoms with Crippen molar-refractivity contribution >= 4 is 23.6 Å². The summed E-state index contributed by atoms with van der Waals surface area (Å²) in [6.07, 6.45) is 3.43. The first kappa shape index (κ1) is 17.3. The van der Waals surface area contributed by atoms with E-state index in [2.05, 4.69) is 11.9 Å². The largest absolute Gasteiger partial charge is 0.480 e. The lowest BCUT2D eigenvalue weighted by Crippen LogP contribution is -2.44. The van der Waals surface area contributed by atoms with E-state index in [0.29, 0.717) is 5.56 Å². The Morgan fingerprint density at radius 2 is 2.24 bits per heavy atom. The number of nitrogens with one attached hydrogen (secondary N) is 1. The number of hydrogen-bond acceptors (Lipinski definition) is 4. The van der Waals surface area contributed by atoms with Gasteiger partial charge < -0.3 is 15.2 Å². The fraction of sp³-hybridized carbons (Fsp3) is 0.333. The lowest BCUT2D eigenvalue weighted by molar-refractivity contribution is -0.140. The molecule has 0 saturated heterocycles. The van der Waals surface area contributed by atoms with Crippen molar-refractivity contribution < 1.29 is 19.4 Å². The number of carbonyl (C=O) groups is 2. The van der Waals surface area contributed by atoms with Gasteiger partial charge in [0, 0.05) is 10.5 Å². The fourth-order valence-corrected chi connectivity index (χ4v) is 2.09. The van der Waals surface area contributed by atoms with Gasteiger partial charge in [-0.3, -0.25) is 4.79 Å². The molecule has 5 nitrogen and oxygen atoms in total. The summed E-state index contributed by atoms with van der Waals surface area (Å²) in [5, 5.41) is 11.6. The summed E-state index contributed by atoms with van der Waals surface area (Å²) in [6, 6.07) is 4.41. The van der Waals surface area contributed by atoms with E-state index in [9.17, 15) is 9.59 Å². The van der Waals surface area contributed by atoms with Crippen molar-refractivity contribution in [3.63, 3.8) is 0 Å². The molecule has 0 bridgehead atoms. The maximum Gasteiger partial charge on any atom is 0.328 e. The highest BCUT2D eigenvalue weighted by molar-refractivity contribution is 7.98. The predicted molar refractivity (Wildman–Crippen MR) is 82.9 cm³/mol. The summed E-state index contributed by atoms with van der Waals surface area (Å²) in [5.41, 5.74) is 1.26. The van der Waals surface area contributed by atoms with Crippen LogP contribution in [0, 0.1) is 6.92 Å². The van der Waals surface area contributed by atoms with Crippen LogP contribution in [0.25, 0.3) is 0 Å². The summed E-state index contributed by atoms with van der Waals surface area (Å²) in [5.74, 6) is -1.55. The second-order valence-electron chi connectivity index (χ2n) is 4.37. The third-order valence-corrected chi connectivity index (χ3v) is 3.54. The van der Waals surface area contributed by atoms with Crippen molar-refractivity contribution in [1.29, 1.82) is 0 Å². The summed E-state index contributed by atoms with van der Waals surface area (Å²) in [4.78, 5) is 24.3. The van der Waals surface area contributed by atoms with Gasteiger partial charge in [0.1, 0.15) is 0 Å². The van der Waals surface area contributed by atoms with Crippen molar-refractivity contribution in [2.24, 2.45) is 0 Å². The number of benzene rings is 1. The normalized spacial score (nSPS) is 11.7. The zero-order valence-corrected chi connectivity index (χ0v) is 12.9. The summed E-state index contributed by atoms with van der Waals surface area (Å²) < 4.78 is 5.10. The van der Waals surface area contributed by atoms with E-state index in [4.69, 9.17) is 9.84 Å². The van der Waals surface area contributed by atoms with Gasteiger partial charge in [0.15, 0.2) is 6.04 Å². The van der Waals surface area contributed by atoms with Crippen molar-refractivity contribution in [2.45, 2.75) is 17.9 Å². The monoisotopic (exact) mass is 309 g/mol. The van der Waals surface area contributed by atoms with Crippen LogP contribution in [-0.4, -0.2) is 42.5 Å². The van der Waals surface area contributed by atoms with E-state index in [-0.39, 0.29) is 13.2 Å². The molecular formula is C15H19NO4S. The number of carbonyl (C=O) groups excluding carboxylic acids is 1. The molecular weight excluding hydrogens is 290 g/mol. The van der Waals surface area contributed by atoms with Crippen LogP contribution in [0.1, 0.15) is 15.9 Å². The number of aliphatic carboxylic acids is 1. The minimum atomic E-state index is -1.13. The van der Waals surface area contributed by atoms with E-state index in [1.165, 1.54) is 17.8 Å². The number of ether oxygens (including phenoxy) is 1. The van der Waals surface area contributed by atoms with Gasteiger partial charge in [-0.05, 0) is 30.9 Å². The minimum absolute atomic E-state index is 0.103. The van der Waals surface area contributed by atoms with Gasteiger partial charge in [-0.1, -0.05) is 12.1 Å². The summed E-state index contributed by atoms with van der Waals surface area (Å²) >= 11 is 1.52. The molecule has 1 atom stereocenters. The molecule has 2 N–H and O–H groups in total. The van der Waals surface area contributed by atoms with Gasteiger partial charge in [0.25, 0.3) is 5.91 Å². The third-order valence-electron chi connectivity index (χ3n) is 2.81. The smallest absolute Gasteiger partial charge is 0.328 e. The SMILES string of the molecule is C=CCOCC(NC(=O)c1cc(SC)ccc1C)C(=O)O. The number of aryl methyl sites for hydroxylation is 1. The highest BCUT2D eigenvalue weighted by Gasteiger charge is 2.21. The second kappa shape index (κ2) is 8.49. The Kier molecular flexibility index (Phi) is 6.98. The Labute approximate surface area is 128 Å². The van der Waals surface area contributed by atoms with E-state index in [0.717, 1.165) is 10.5 Å². The fourth-order valence-electron chi connectivity index (χ4n) is 1.65. The van der Waals surface area contributed by atoms with Crippen LogP contribution in [0.4, 0.5) is 0 Å². The zero-order valence-electron chi connectivity index (χ0n) is 12.1. The quantitative estimate of drug-likeness (QED) is 0.437. The van der Waals surface area contributed by atoms with Crippen molar-refractivity contribution in [3.8, 4) is 0 Å². The topological polar surface area (TPSA) is 75.6 Å². The molecule has 0 saturated carbocycles. The third kappa shape index (κ3) is 5.24. The molecule has 0 aliphatic rings. The number of carboxylic acid groups (broad SMARTS) is 1. The number of hydrogen-bond donors (Lipinski definition) is 2. The van der Waals surface area contributed by atoms with Crippen molar-refractivity contribution in [1.82, 2.24) is 5.32 Å². The van der Waals surface area contributed by atoms with E-state index >= 15 is 0 Å². The first-order chi connectivity index (χ1) is 9.99. The average molecular weight is 309 g/mol. The standard InChI is InChI=1S/C15H19NO4S/c1-4-7-20-9-13(15(18)19)16-14(17)12-8-11(21-3)6-5-10(12)2/h4-6,8,13H,1,7,9H2,2-3H3,(H,16,17)(H,18,19). The minimum Gasteiger partial charge on any atom is -0.480 e. The Bertz CT molecular complexity index is 530. The number of rotatable bonds is 8. The Morgan fingerprint density at radius 1 is 1.52 bits per heavy atom. The maximum absolute atomic E-state index is 12.2. The highest BCUT2D eigenvalue weighted by atomic mass is 32.2. The number of carboxylic acids is 1. The van der Waals surface area contributed by atoms with Crippen LogP contribution in [0.2, 0.25) is 0 Å².